The lowest BCUT2D eigenvalue weighted by Crippen LogP contribution is -2.30. The molecule has 0 aliphatic rings. The number of nitro benzene ring substituents is 1. The van der Waals surface area contributed by atoms with E-state index < -0.39 is 4.92 Å². The summed E-state index contributed by atoms with van der Waals surface area (Å²) in [6.45, 7) is 4.77. The molecule has 1 rings (SSSR count). The maximum atomic E-state index is 11.1. The number of nitro groups is 1. The van der Waals surface area contributed by atoms with Crippen LogP contribution in [0.1, 0.15) is 39.5 Å². The molecule has 6 heteroatoms. The van der Waals surface area contributed by atoms with E-state index in [4.69, 9.17) is 4.74 Å². The number of ether oxygens (including phenoxy) is 1. The van der Waals surface area contributed by atoms with Gasteiger partial charge in [-0.1, -0.05) is 48.7 Å². The Morgan fingerprint density at radius 3 is 2.38 bits per heavy atom. The molecule has 21 heavy (non-hydrogen) atoms. The Morgan fingerprint density at radius 1 is 1.29 bits per heavy atom. The Balaban J connectivity index is 2.97. The molecule has 0 amide bonds. The molecule has 0 aromatic heterocycles. The van der Waals surface area contributed by atoms with Crippen molar-refractivity contribution in [2.45, 2.75) is 39.5 Å². The van der Waals surface area contributed by atoms with Gasteiger partial charge in [0.25, 0.3) is 0 Å². The number of nitrogens with zero attached hydrogens (tertiary/aromatic N) is 1. The second-order valence-electron chi connectivity index (χ2n) is 5.27. The zero-order chi connectivity index (χ0) is 15.9. The summed E-state index contributed by atoms with van der Waals surface area (Å²) in [4.78, 5) is 10.7. The molecule has 1 aromatic rings. The molecule has 0 fully saturated rings. The number of benzene rings is 1. The topological polar surface area (TPSA) is 52.4 Å². The molecule has 0 radical (unpaired) electrons. The van der Waals surface area contributed by atoms with Gasteiger partial charge in [0.1, 0.15) is 0 Å². The normalized spacial score (nSPS) is 11.4. The first-order valence-electron chi connectivity index (χ1n) is 7.11. The molecule has 0 spiro atoms. The van der Waals surface area contributed by atoms with Crippen LogP contribution in [0.3, 0.4) is 0 Å². The molecule has 0 aliphatic carbocycles. The molecule has 0 saturated carbocycles. The molecule has 0 heterocycles. The van der Waals surface area contributed by atoms with Crippen LogP contribution in [0.4, 0.5) is 5.69 Å². The molecule has 0 bridgehead atoms. The first-order valence-corrected chi connectivity index (χ1v) is 9.02. The highest BCUT2D eigenvalue weighted by molar-refractivity contribution is 9.10. The predicted molar refractivity (Wildman–Crippen MR) is 92.3 cm³/mol. The van der Waals surface area contributed by atoms with Gasteiger partial charge in [-0.3, -0.25) is 10.1 Å². The van der Waals surface area contributed by atoms with Gasteiger partial charge in [0.05, 0.1) is 16.0 Å². The lowest BCUT2D eigenvalue weighted by atomic mass is 9.82. The number of rotatable bonds is 9. The van der Waals surface area contributed by atoms with Crippen LogP contribution in [-0.2, 0) is 0 Å². The van der Waals surface area contributed by atoms with Crippen molar-refractivity contribution in [1.29, 1.82) is 0 Å². The van der Waals surface area contributed by atoms with E-state index in [9.17, 15) is 10.1 Å². The van der Waals surface area contributed by atoms with Crippen LogP contribution in [0.5, 0.6) is 5.75 Å². The summed E-state index contributed by atoms with van der Waals surface area (Å²) in [5.74, 6) is 0.319. The Labute approximate surface area is 142 Å². The van der Waals surface area contributed by atoms with Crippen molar-refractivity contribution in [3.8, 4) is 5.75 Å². The lowest BCUT2D eigenvalue weighted by molar-refractivity contribution is -0.386. The van der Waals surface area contributed by atoms with Crippen molar-refractivity contribution in [2.24, 2.45) is 5.41 Å². The minimum absolute atomic E-state index is 0.000782. The Bertz CT molecular complexity index is 474. The van der Waals surface area contributed by atoms with Crippen molar-refractivity contribution < 1.29 is 9.66 Å². The Morgan fingerprint density at radius 2 is 1.90 bits per heavy atom. The maximum Gasteiger partial charge on any atom is 0.312 e. The van der Waals surface area contributed by atoms with Gasteiger partial charge in [0.15, 0.2) is 0 Å². The van der Waals surface area contributed by atoms with E-state index in [0.717, 1.165) is 31.0 Å². The summed E-state index contributed by atoms with van der Waals surface area (Å²) >= 11 is 6.93. The lowest BCUT2D eigenvalue weighted by Gasteiger charge is -2.31. The average Bonchev–Trinajstić information content (AvgIpc) is 2.45. The zero-order valence-electron chi connectivity index (χ0n) is 12.4. The molecular formula is C15H21Br2NO3. The van der Waals surface area contributed by atoms with E-state index in [0.29, 0.717) is 16.8 Å². The first-order chi connectivity index (χ1) is 9.99. The summed E-state index contributed by atoms with van der Waals surface area (Å²) < 4.78 is 6.49. The molecule has 0 unspecified atom stereocenters. The SMILES string of the molecule is CCCC(CBr)(CCC)COc1c(Br)cccc1[N+](=O)[O-]. The molecule has 0 atom stereocenters. The molecule has 0 N–H and O–H groups in total. The third kappa shape index (κ3) is 4.95. The smallest absolute Gasteiger partial charge is 0.312 e. The van der Waals surface area contributed by atoms with E-state index >= 15 is 0 Å². The predicted octanol–water partition coefficient (Wildman–Crippen LogP) is 5.72. The van der Waals surface area contributed by atoms with E-state index in [1.807, 2.05) is 0 Å². The summed E-state index contributed by atoms with van der Waals surface area (Å²) in [5.41, 5.74) is 0.0213. The standard InChI is InChI=1S/C15H21Br2NO3/c1-3-8-15(10-16,9-4-2)11-21-14-12(17)6-5-7-13(14)18(19)20/h5-7H,3-4,8-11H2,1-2H3. The van der Waals surface area contributed by atoms with Crippen LogP contribution in [0.2, 0.25) is 0 Å². The van der Waals surface area contributed by atoms with Crippen LogP contribution < -0.4 is 4.74 Å². The van der Waals surface area contributed by atoms with Gasteiger partial charge in [-0.25, -0.2) is 0 Å². The zero-order valence-corrected chi connectivity index (χ0v) is 15.6. The van der Waals surface area contributed by atoms with E-state index in [1.54, 1.807) is 12.1 Å². The molecule has 0 aliphatic heterocycles. The minimum Gasteiger partial charge on any atom is -0.485 e. The van der Waals surface area contributed by atoms with Crippen molar-refractivity contribution in [1.82, 2.24) is 0 Å². The molecule has 0 saturated heterocycles. The van der Waals surface area contributed by atoms with Crippen molar-refractivity contribution in [3.05, 3.63) is 32.8 Å². The van der Waals surface area contributed by atoms with Crippen LogP contribution in [0.15, 0.2) is 22.7 Å². The molecule has 1 aromatic carbocycles. The van der Waals surface area contributed by atoms with Gasteiger partial charge in [-0.05, 0) is 34.8 Å². The van der Waals surface area contributed by atoms with Crippen molar-refractivity contribution >= 4 is 37.5 Å². The average molecular weight is 423 g/mol. The van der Waals surface area contributed by atoms with Gasteiger partial charge in [0, 0.05) is 16.8 Å². The summed E-state index contributed by atoms with van der Waals surface area (Å²) in [6.07, 6.45) is 4.19. The quantitative estimate of drug-likeness (QED) is 0.290. The monoisotopic (exact) mass is 421 g/mol. The third-order valence-corrected chi connectivity index (χ3v) is 5.32. The van der Waals surface area contributed by atoms with E-state index in [-0.39, 0.29) is 11.1 Å². The largest absolute Gasteiger partial charge is 0.485 e. The summed E-state index contributed by atoms with van der Waals surface area (Å²) in [6, 6.07) is 4.87. The second-order valence-corrected chi connectivity index (χ2v) is 6.68. The van der Waals surface area contributed by atoms with Crippen LogP contribution in [0, 0.1) is 15.5 Å². The number of alkyl halides is 1. The van der Waals surface area contributed by atoms with Gasteiger partial charge in [-0.2, -0.15) is 0 Å². The maximum absolute atomic E-state index is 11.1. The fourth-order valence-electron chi connectivity index (χ4n) is 2.51. The number of para-hydroxylation sites is 1. The second kappa shape index (κ2) is 8.73. The van der Waals surface area contributed by atoms with Gasteiger partial charge < -0.3 is 4.74 Å². The van der Waals surface area contributed by atoms with E-state index in [2.05, 4.69) is 45.7 Å². The van der Waals surface area contributed by atoms with Gasteiger partial charge in [-0.15, -0.1) is 0 Å². The fourth-order valence-corrected chi connectivity index (χ4v) is 3.70. The summed E-state index contributed by atoms with van der Waals surface area (Å²) in [5, 5.41) is 11.9. The molecular weight excluding hydrogens is 402 g/mol. The Hall–Kier alpha value is -0.620. The Kier molecular flexibility index (Phi) is 7.66. The first kappa shape index (κ1) is 18.4. The van der Waals surface area contributed by atoms with Crippen molar-refractivity contribution in [3.63, 3.8) is 0 Å². The molecule has 118 valence electrons. The highest BCUT2D eigenvalue weighted by Crippen LogP contribution is 2.38. The van der Waals surface area contributed by atoms with Crippen LogP contribution in [-0.4, -0.2) is 16.9 Å². The highest BCUT2D eigenvalue weighted by atomic mass is 79.9. The number of halogens is 2. The van der Waals surface area contributed by atoms with Crippen LogP contribution >= 0.6 is 31.9 Å². The highest BCUT2D eigenvalue weighted by Gasteiger charge is 2.30. The minimum atomic E-state index is -0.407. The fraction of sp³-hybridized carbons (Fsp3) is 0.600. The van der Waals surface area contributed by atoms with E-state index in [1.165, 1.54) is 6.07 Å². The van der Waals surface area contributed by atoms with Gasteiger partial charge >= 0.3 is 5.69 Å². The molecule has 4 nitrogen and oxygen atoms in total. The number of hydrogen-bond donors (Lipinski definition) is 0. The summed E-state index contributed by atoms with van der Waals surface area (Å²) in [7, 11) is 0. The van der Waals surface area contributed by atoms with Crippen LogP contribution in [0.25, 0.3) is 0 Å². The van der Waals surface area contributed by atoms with Gasteiger partial charge in [0.2, 0.25) is 5.75 Å². The number of hydrogen-bond acceptors (Lipinski definition) is 3. The third-order valence-electron chi connectivity index (χ3n) is 3.51. The van der Waals surface area contributed by atoms with Crippen molar-refractivity contribution in [2.75, 3.05) is 11.9 Å².